The number of esters is 1. The summed E-state index contributed by atoms with van der Waals surface area (Å²) in [6, 6.07) is -0.545. The molecule has 0 saturated heterocycles. The van der Waals surface area contributed by atoms with Crippen molar-refractivity contribution in [1.82, 2.24) is 5.32 Å². The molecule has 0 aromatic rings. The molecule has 2 atom stereocenters. The Hall–Kier alpha value is -1.66. The molecular weight excluding hydrogens is 959 g/mol. The Bertz CT molecular complexity index is 1220. The molecule has 0 saturated carbocycles. The van der Waals surface area contributed by atoms with Crippen molar-refractivity contribution in [3.05, 3.63) is 24.3 Å². The van der Waals surface area contributed by atoms with Crippen LogP contribution in [0, 0.1) is 0 Å². The lowest BCUT2D eigenvalue weighted by Gasteiger charge is -2.22. The highest BCUT2D eigenvalue weighted by atomic mass is 16.5. The molecule has 0 fully saturated rings. The van der Waals surface area contributed by atoms with E-state index in [1.54, 1.807) is 0 Å². The van der Waals surface area contributed by atoms with Crippen LogP contribution in [0.4, 0.5) is 0 Å². The quantitative estimate of drug-likeness (QED) is 0.0320. The van der Waals surface area contributed by atoms with Crippen LogP contribution in [0.2, 0.25) is 0 Å². The van der Waals surface area contributed by atoms with E-state index in [2.05, 4.69) is 43.5 Å². The van der Waals surface area contributed by atoms with Gasteiger partial charge in [0.25, 0.3) is 0 Å². The molecule has 3 N–H and O–H groups in total. The van der Waals surface area contributed by atoms with Crippen LogP contribution in [-0.4, -0.2) is 47.4 Å². The first-order valence-corrected chi connectivity index (χ1v) is 35.6. The van der Waals surface area contributed by atoms with Crippen molar-refractivity contribution in [1.29, 1.82) is 0 Å². The van der Waals surface area contributed by atoms with Gasteiger partial charge in [0.15, 0.2) is 0 Å². The van der Waals surface area contributed by atoms with Gasteiger partial charge >= 0.3 is 5.97 Å². The van der Waals surface area contributed by atoms with Gasteiger partial charge in [-0.3, -0.25) is 9.59 Å². The first-order valence-electron chi connectivity index (χ1n) is 35.6. The standard InChI is InChI=1S/C72H139NO5/c1-3-5-7-9-11-13-15-17-19-21-23-24-25-26-29-32-36-40-44-48-52-56-60-64-70(75)69(68-74)73-71(76)65-61-57-53-49-45-41-37-33-30-27-31-35-39-43-47-51-55-59-63-67-78-72(77)66-62-58-54-50-46-42-38-34-28-22-20-18-16-14-12-10-8-6-4-2/h12,14,18,20,69-70,74-75H,3-11,13,15-17,19,21-68H2,1-2H3,(H,73,76)/b14-12-,20-18-. The van der Waals surface area contributed by atoms with Gasteiger partial charge in [0.05, 0.1) is 25.4 Å². The number of rotatable bonds is 67. The highest BCUT2D eigenvalue weighted by Crippen LogP contribution is 2.19. The van der Waals surface area contributed by atoms with E-state index < -0.39 is 12.1 Å². The molecule has 0 rings (SSSR count). The van der Waals surface area contributed by atoms with Crippen molar-refractivity contribution in [3.63, 3.8) is 0 Å². The van der Waals surface area contributed by atoms with Crippen molar-refractivity contribution < 1.29 is 24.5 Å². The largest absolute Gasteiger partial charge is 0.466 e. The predicted molar refractivity (Wildman–Crippen MR) is 343 cm³/mol. The van der Waals surface area contributed by atoms with Crippen LogP contribution in [0.1, 0.15) is 399 Å². The number of aliphatic hydroxyl groups is 2. The van der Waals surface area contributed by atoms with Crippen LogP contribution in [0.15, 0.2) is 24.3 Å². The molecule has 0 aromatic heterocycles. The molecule has 1 amide bonds. The van der Waals surface area contributed by atoms with Crippen molar-refractivity contribution in [2.75, 3.05) is 13.2 Å². The number of hydrogen-bond acceptors (Lipinski definition) is 5. The summed E-state index contributed by atoms with van der Waals surface area (Å²) < 4.78 is 5.50. The molecular formula is C72H139NO5. The van der Waals surface area contributed by atoms with Gasteiger partial charge in [-0.05, 0) is 57.8 Å². The molecule has 462 valence electrons. The molecule has 0 radical (unpaired) electrons. The lowest BCUT2D eigenvalue weighted by Crippen LogP contribution is -2.45. The molecule has 0 bridgehead atoms. The van der Waals surface area contributed by atoms with Crippen molar-refractivity contribution in [3.8, 4) is 0 Å². The summed E-state index contributed by atoms with van der Waals surface area (Å²) in [6.07, 6.45) is 85.0. The Kier molecular flexibility index (Phi) is 66.4. The first kappa shape index (κ1) is 76.3. The predicted octanol–water partition coefficient (Wildman–Crippen LogP) is 22.9. The van der Waals surface area contributed by atoms with Gasteiger partial charge in [-0.25, -0.2) is 0 Å². The van der Waals surface area contributed by atoms with E-state index >= 15 is 0 Å². The average molecular weight is 1100 g/mol. The molecule has 2 unspecified atom stereocenters. The van der Waals surface area contributed by atoms with Crippen LogP contribution in [0.5, 0.6) is 0 Å². The van der Waals surface area contributed by atoms with Gasteiger partial charge in [-0.15, -0.1) is 0 Å². The molecule has 6 nitrogen and oxygen atoms in total. The van der Waals surface area contributed by atoms with E-state index in [-0.39, 0.29) is 18.5 Å². The summed E-state index contributed by atoms with van der Waals surface area (Å²) in [5.41, 5.74) is 0. The number of hydrogen-bond donors (Lipinski definition) is 3. The van der Waals surface area contributed by atoms with Gasteiger partial charge in [-0.2, -0.15) is 0 Å². The minimum atomic E-state index is -0.668. The van der Waals surface area contributed by atoms with Crippen LogP contribution in [-0.2, 0) is 14.3 Å². The van der Waals surface area contributed by atoms with Crippen LogP contribution >= 0.6 is 0 Å². The molecule has 6 heteroatoms. The Morgan fingerprint density at radius 3 is 1.00 bits per heavy atom. The van der Waals surface area contributed by atoms with Gasteiger partial charge < -0.3 is 20.3 Å². The lowest BCUT2D eigenvalue weighted by molar-refractivity contribution is -0.143. The number of allylic oxidation sites excluding steroid dienone is 4. The second-order valence-electron chi connectivity index (χ2n) is 24.6. The maximum atomic E-state index is 12.6. The Balaban J connectivity index is 3.39. The molecule has 0 aliphatic heterocycles. The summed E-state index contributed by atoms with van der Waals surface area (Å²) in [6.45, 7) is 4.96. The van der Waals surface area contributed by atoms with E-state index in [4.69, 9.17) is 4.74 Å². The number of aliphatic hydroxyl groups excluding tert-OH is 2. The summed E-state index contributed by atoms with van der Waals surface area (Å²) >= 11 is 0. The SMILES string of the molecule is CCCCC/C=C\C/C=C\CCCCCCCCCCCC(=O)OCCCCCCCCCCCCCCCCCCCCCC(=O)NC(CO)C(O)CCCCCCCCCCCCCCCCCCCCCCCCC. The van der Waals surface area contributed by atoms with Gasteiger partial charge in [0.1, 0.15) is 0 Å². The third kappa shape index (κ3) is 63.5. The van der Waals surface area contributed by atoms with Gasteiger partial charge in [0, 0.05) is 12.8 Å². The minimum absolute atomic E-state index is 0.00655. The summed E-state index contributed by atoms with van der Waals surface area (Å²) in [5, 5.41) is 23.4. The third-order valence-electron chi connectivity index (χ3n) is 16.8. The smallest absolute Gasteiger partial charge is 0.305 e. The van der Waals surface area contributed by atoms with Crippen LogP contribution < -0.4 is 5.32 Å². The molecule has 0 aliphatic rings. The number of unbranched alkanes of at least 4 members (excludes halogenated alkanes) is 52. The fourth-order valence-corrected chi connectivity index (χ4v) is 11.3. The van der Waals surface area contributed by atoms with E-state index in [0.717, 1.165) is 51.4 Å². The van der Waals surface area contributed by atoms with E-state index in [9.17, 15) is 19.8 Å². The van der Waals surface area contributed by atoms with Gasteiger partial charge in [0.2, 0.25) is 5.91 Å². The maximum Gasteiger partial charge on any atom is 0.305 e. The number of nitrogens with one attached hydrogen (secondary N) is 1. The second-order valence-corrected chi connectivity index (χ2v) is 24.6. The number of carbonyl (C=O) groups excluding carboxylic acids is 2. The monoisotopic (exact) mass is 1100 g/mol. The van der Waals surface area contributed by atoms with Gasteiger partial charge in [-0.1, -0.05) is 353 Å². The molecule has 0 aromatic carbocycles. The Labute approximate surface area is 488 Å². The van der Waals surface area contributed by atoms with E-state index in [1.165, 1.54) is 315 Å². The van der Waals surface area contributed by atoms with Crippen LogP contribution in [0.3, 0.4) is 0 Å². The normalized spacial score (nSPS) is 12.6. The van der Waals surface area contributed by atoms with E-state index in [1.807, 2.05) is 0 Å². The zero-order valence-corrected chi connectivity index (χ0v) is 52.9. The Morgan fingerprint density at radius 1 is 0.359 bits per heavy atom. The van der Waals surface area contributed by atoms with Crippen molar-refractivity contribution >= 4 is 11.9 Å². The number of carbonyl (C=O) groups is 2. The molecule has 0 aliphatic carbocycles. The maximum absolute atomic E-state index is 12.6. The second kappa shape index (κ2) is 67.8. The minimum Gasteiger partial charge on any atom is -0.466 e. The highest BCUT2D eigenvalue weighted by Gasteiger charge is 2.20. The zero-order chi connectivity index (χ0) is 56.4. The fraction of sp³-hybridized carbons (Fsp3) is 0.917. The molecule has 0 heterocycles. The first-order chi connectivity index (χ1) is 38.5. The molecule has 78 heavy (non-hydrogen) atoms. The summed E-state index contributed by atoms with van der Waals surface area (Å²) in [5.74, 6) is -0.0266. The number of amides is 1. The lowest BCUT2D eigenvalue weighted by atomic mass is 10.0. The van der Waals surface area contributed by atoms with E-state index in [0.29, 0.717) is 25.9 Å². The Morgan fingerprint density at radius 2 is 0.641 bits per heavy atom. The highest BCUT2D eigenvalue weighted by molar-refractivity contribution is 5.76. The molecule has 0 spiro atoms. The zero-order valence-electron chi connectivity index (χ0n) is 52.9. The summed E-state index contributed by atoms with van der Waals surface area (Å²) in [7, 11) is 0. The van der Waals surface area contributed by atoms with Crippen molar-refractivity contribution in [2.24, 2.45) is 0 Å². The topological polar surface area (TPSA) is 95.9 Å². The third-order valence-corrected chi connectivity index (χ3v) is 16.8. The van der Waals surface area contributed by atoms with Crippen molar-refractivity contribution in [2.45, 2.75) is 411 Å². The average Bonchev–Trinajstić information content (AvgIpc) is 3.44. The fourth-order valence-electron chi connectivity index (χ4n) is 11.3. The van der Waals surface area contributed by atoms with Crippen LogP contribution in [0.25, 0.3) is 0 Å². The number of ether oxygens (including phenoxy) is 1. The summed E-state index contributed by atoms with van der Waals surface area (Å²) in [4.78, 5) is 24.7.